The Labute approximate surface area is 117 Å². The van der Waals surface area contributed by atoms with E-state index in [1.807, 2.05) is 20.9 Å². The van der Waals surface area contributed by atoms with E-state index in [1.54, 1.807) is 0 Å². The summed E-state index contributed by atoms with van der Waals surface area (Å²) in [6.07, 6.45) is 9.51. The van der Waals surface area contributed by atoms with Gasteiger partial charge in [0.2, 0.25) is 5.91 Å². The molecule has 1 rings (SSSR count). The molecule has 4 nitrogen and oxygen atoms in total. The Balaban J connectivity index is 2.52. The Hall–Kier alpha value is -1.05. The SMILES string of the molecule is C#CC(CC)(CC)NC(=O)CN(C)C(CN)C1CC1. The minimum absolute atomic E-state index is 0.0109. The lowest BCUT2D eigenvalue weighted by Crippen LogP contribution is -2.51. The molecule has 0 saturated heterocycles. The van der Waals surface area contributed by atoms with Crippen LogP contribution in [0.4, 0.5) is 0 Å². The van der Waals surface area contributed by atoms with Crippen molar-refractivity contribution in [3.05, 3.63) is 0 Å². The summed E-state index contributed by atoms with van der Waals surface area (Å²) in [4.78, 5) is 14.2. The van der Waals surface area contributed by atoms with Crippen LogP contribution >= 0.6 is 0 Å². The average molecular weight is 265 g/mol. The monoisotopic (exact) mass is 265 g/mol. The fourth-order valence-electron chi connectivity index (χ4n) is 2.53. The number of nitrogens with two attached hydrogens (primary N) is 1. The summed E-state index contributed by atoms with van der Waals surface area (Å²) in [5.41, 5.74) is 5.29. The summed E-state index contributed by atoms with van der Waals surface area (Å²) in [5.74, 6) is 3.38. The number of carbonyl (C=O) groups is 1. The molecule has 3 N–H and O–H groups in total. The molecule has 0 radical (unpaired) electrons. The van der Waals surface area contributed by atoms with Crippen LogP contribution in [-0.4, -0.2) is 42.5 Å². The lowest BCUT2D eigenvalue weighted by molar-refractivity contribution is -0.123. The normalized spacial score (nSPS) is 17.1. The van der Waals surface area contributed by atoms with Gasteiger partial charge in [0.25, 0.3) is 0 Å². The van der Waals surface area contributed by atoms with Crippen molar-refractivity contribution in [2.45, 2.75) is 51.1 Å². The lowest BCUT2D eigenvalue weighted by Gasteiger charge is -2.30. The molecule has 1 fully saturated rings. The molecule has 1 amide bonds. The van der Waals surface area contributed by atoms with E-state index in [9.17, 15) is 4.79 Å². The van der Waals surface area contributed by atoms with E-state index in [0.29, 0.717) is 25.0 Å². The highest BCUT2D eigenvalue weighted by Gasteiger charge is 2.34. The number of carbonyl (C=O) groups excluding carboxylic acids is 1. The van der Waals surface area contributed by atoms with Gasteiger partial charge in [-0.2, -0.15) is 0 Å². The first-order valence-corrected chi connectivity index (χ1v) is 7.21. The first kappa shape index (κ1) is 16.0. The third kappa shape index (κ3) is 4.22. The van der Waals surface area contributed by atoms with Gasteiger partial charge >= 0.3 is 0 Å². The van der Waals surface area contributed by atoms with Crippen LogP contribution in [0.5, 0.6) is 0 Å². The van der Waals surface area contributed by atoms with Gasteiger partial charge in [0.05, 0.1) is 6.54 Å². The van der Waals surface area contributed by atoms with Crippen LogP contribution in [0.3, 0.4) is 0 Å². The number of rotatable bonds is 8. The first-order valence-electron chi connectivity index (χ1n) is 7.21. The van der Waals surface area contributed by atoms with Crippen LogP contribution in [0.2, 0.25) is 0 Å². The molecule has 0 aromatic rings. The molecule has 0 bridgehead atoms. The highest BCUT2D eigenvalue weighted by Crippen LogP contribution is 2.34. The predicted molar refractivity (Wildman–Crippen MR) is 78.5 cm³/mol. The van der Waals surface area contributed by atoms with Gasteiger partial charge in [0.1, 0.15) is 5.54 Å². The molecule has 0 heterocycles. The molecule has 1 aliphatic carbocycles. The van der Waals surface area contributed by atoms with Crippen LogP contribution in [-0.2, 0) is 4.79 Å². The molecular weight excluding hydrogens is 238 g/mol. The molecule has 0 aliphatic heterocycles. The van der Waals surface area contributed by atoms with E-state index in [0.717, 1.165) is 12.8 Å². The van der Waals surface area contributed by atoms with E-state index in [1.165, 1.54) is 12.8 Å². The predicted octanol–water partition coefficient (Wildman–Crippen LogP) is 0.964. The van der Waals surface area contributed by atoms with Crippen LogP contribution in [0, 0.1) is 18.3 Å². The highest BCUT2D eigenvalue weighted by atomic mass is 16.2. The quantitative estimate of drug-likeness (QED) is 0.643. The molecular formula is C15H27N3O. The fourth-order valence-corrected chi connectivity index (χ4v) is 2.53. The Bertz CT molecular complexity index is 340. The number of nitrogens with one attached hydrogen (secondary N) is 1. The van der Waals surface area contributed by atoms with Crippen molar-refractivity contribution in [2.75, 3.05) is 20.1 Å². The van der Waals surface area contributed by atoms with Gasteiger partial charge in [-0.1, -0.05) is 19.8 Å². The second-order valence-corrected chi connectivity index (χ2v) is 5.54. The minimum atomic E-state index is -0.504. The molecule has 0 spiro atoms. The fraction of sp³-hybridized carbons (Fsp3) is 0.800. The van der Waals surface area contributed by atoms with Crippen LogP contribution in [0.25, 0.3) is 0 Å². The maximum absolute atomic E-state index is 12.1. The third-order valence-corrected chi connectivity index (χ3v) is 4.23. The summed E-state index contributed by atoms with van der Waals surface area (Å²) >= 11 is 0. The minimum Gasteiger partial charge on any atom is -0.339 e. The molecule has 1 atom stereocenters. The smallest absolute Gasteiger partial charge is 0.235 e. The maximum atomic E-state index is 12.1. The van der Waals surface area contributed by atoms with E-state index in [-0.39, 0.29) is 5.91 Å². The highest BCUT2D eigenvalue weighted by molar-refractivity contribution is 5.79. The van der Waals surface area contributed by atoms with Crippen molar-refractivity contribution in [2.24, 2.45) is 11.7 Å². The summed E-state index contributed by atoms with van der Waals surface area (Å²) < 4.78 is 0. The number of amides is 1. The maximum Gasteiger partial charge on any atom is 0.235 e. The first-order chi connectivity index (χ1) is 9.01. The molecule has 4 heteroatoms. The van der Waals surface area contributed by atoms with Gasteiger partial charge in [-0.25, -0.2) is 0 Å². The van der Waals surface area contributed by atoms with E-state index >= 15 is 0 Å². The van der Waals surface area contributed by atoms with Crippen molar-refractivity contribution < 1.29 is 4.79 Å². The number of likely N-dealkylation sites (N-methyl/N-ethyl adjacent to an activating group) is 1. The zero-order chi connectivity index (χ0) is 14.5. The summed E-state index contributed by atoms with van der Waals surface area (Å²) in [5, 5.41) is 2.99. The standard InChI is InChI=1S/C15H27N3O/c1-5-15(6-2,7-3)17-14(19)11-18(4)13(10-16)12-8-9-12/h1,12-13H,6-11,16H2,2-4H3,(H,17,19). The van der Waals surface area contributed by atoms with Gasteiger partial charge in [-0.15, -0.1) is 6.42 Å². The second kappa shape index (κ2) is 6.93. The molecule has 1 aliphatic rings. The van der Waals surface area contributed by atoms with Crippen LogP contribution in [0.1, 0.15) is 39.5 Å². The molecule has 19 heavy (non-hydrogen) atoms. The number of hydrogen-bond acceptors (Lipinski definition) is 3. The van der Waals surface area contributed by atoms with Crippen molar-refractivity contribution >= 4 is 5.91 Å². The van der Waals surface area contributed by atoms with Gasteiger partial charge < -0.3 is 11.1 Å². The molecule has 0 aromatic heterocycles. The Morgan fingerprint density at radius 1 is 1.53 bits per heavy atom. The van der Waals surface area contributed by atoms with Gasteiger partial charge in [0, 0.05) is 12.6 Å². The van der Waals surface area contributed by atoms with Gasteiger partial charge in [-0.3, -0.25) is 9.69 Å². The number of nitrogens with zero attached hydrogens (tertiary/aromatic N) is 1. The van der Waals surface area contributed by atoms with Gasteiger partial charge in [0.15, 0.2) is 0 Å². The second-order valence-electron chi connectivity index (χ2n) is 5.54. The van der Waals surface area contributed by atoms with Crippen molar-refractivity contribution in [3.63, 3.8) is 0 Å². The van der Waals surface area contributed by atoms with E-state index in [2.05, 4.69) is 16.1 Å². The zero-order valence-corrected chi connectivity index (χ0v) is 12.4. The van der Waals surface area contributed by atoms with Crippen LogP contribution < -0.4 is 11.1 Å². The van der Waals surface area contributed by atoms with Crippen LogP contribution in [0.15, 0.2) is 0 Å². The average Bonchev–Trinajstić information content (AvgIpc) is 3.21. The summed E-state index contributed by atoms with van der Waals surface area (Å²) in [6, 6.07) is 0.314. The Morgan fingerprint density at radius 3 is 2.47 bits per heavy atom. The Kier molecular flexibility index (Phi) is 5.84. The molecule has 108 valence electrons. The van der Waals surface area contributed by atoms with Gasteiger partial charge in [-0.05, 0) is 38.6 Å². The molecule has 1 unspecified atom stereocenters. The largest absolute Gasteiger partial charge is 0.339 e. The number of hydrogen-bond donors (Lipinski definition) is 2. The third-order valence-electron chi connectivity index (χ3n) is 4.23. The summed E-state index contributed by atoms with van der Waals surface area (Å²) in [6.45, 7) is 4.97. The molecule has 0 aromatic carbocycles. The zero-order valence-electron chi connectivity index (χ0n) is 12.4. The molecule has 1 saturated carbocycles. The Morgan fingerprint density at radius 2 is 2.11 bits per heavy atom. The van der Waals surface area contributed by atoms with E-state index in [4.69, 9.17) is 12.2 Å². The van der Waals surface area contributed by atoms with Crippen molar-refractivity contribution in [3.8, 4) is 12.3 Å². The van der Waals surface area contributed by atoms with Crippen molar-refractivity contribution in [1.29, 1.82) is 0 Å². The lowest BCUT2D eigenvalue weighted by atomic mass is 9.94. The summed E-state index contributed by atoms with van der Waals surface area (Å²) in [7, 11) is 1.96. The van der Waals surface area contributed by atoms with Crippen molar-refractivity contribution in [1.82, 2.24) is 10.2 Å². The topological polar surface area (TPSA) is 58.4 Å². The van der Waals surface area contributed by atoms with E-state index < -0.39 is 5.54 Å². The number of terminal acetylenes is 1.